The predicted molar refractivity (Wildman–Crippen MR) is 64.0 cm³/mol. The minimum Gasteiger partial charge on any atom is -0.314 e. The summed E-state index contributed by atoms with van der Waals surface area (Å²) in [4.78, 5) is 0.228. The van der Waals surface area contributed by atoms with Crippen molar-refractivity contribution in [2.75, 3.05) is 6.54 Å². The van der Waals surface area contributed by atoms with E-state index in [0.717, 1.165) is 19.4 Å². The largest absolute Gasteiger partial charge is 0.314 e. The molecular formula is C10H18N4O2S. The minimum atomic E-state index is -3.42. The molecule has 0 aromatic carbocycles. The fourth-order valence-electron chi connectivity index (χ4n) is 2.06. The van der Waals surface area contributed by atoms with Crippen molar-refractivity contribution in [2.24, 2.45) is 7.05 Å². The number of hydrogen-bond acceptors (Lipinski definition) is 4. The molecule has 2 rings (SSSR count). The Morgan fingerprint density at radius 3 is 2.94 bits per heavy atom. The number of nitrogens with zero attached hydrogens (tertiary/aromatic N) is 2. The molecule has 0 amide bonds. The summed E-state index contributed by atoms with van der Waals surface area (Å²) in [6, 6.07) is 0.363. The third-order valence-electron chi connectivity index (χ3n) is 2.94. The summed E-state index contributed by atoms with van der Waals surface area (Å²) in [5.41, 5.74) is 0. The van der Waals surface area contributed by atoms with Crippen LogP contribution in [0, 0.1) is 0 Å². The Hall–Kier alpha value is -0.920. The van der Waals surface area contributed by atoms with Gasteiger partial charge in [0, 0.05) is 25.3 Å². The molecule has 0 spiro atoms. The van der Waals surface area contributed by atoms with Crippen LogP contribution in [0.2, 0.25) is 0 Å². The standard InChI is InChI=1S/C10H18N4O2S/c1-8-5-9(3-4-11-8)13-17(15,16)10-6-12-14(2)7-10/h6-9,11,13H,3-5H2,1-2H3. The van der Waals surface area contributed by atoms with Crippen LogP contribution >= 0.6 is 0 Å². The normalized spacial score (nSPS) is 26.0. The van der Waals surface area contributed by atoms with E-state index in [9.17, 15) is 8.42 Å². The Labute approximate surface area is 101 Å². The Balaban J connectivity index is 2.07. The van der Waals surface area contributed by atoms with Crippen LogP contribution in [-0.4, -0.2) is 36.8 Å². The second kappa shape index (κ2) is 4.75. The zero-order valence-electron chi connectivity index (χ0n) is 10.0. The number of rotatable bonds is 3. The fraction of sp³-hybridized carbons (Fsp3) is 0.700. The fourth-order valence-corrected chi connectivity index (χ4v) is 3.33. The van der Waals surface area contributed by atoms with Gasteiger partial charge in [0.1, 0.15) is 4.90 Å². The SMILES string of the molecule is CC1CC(NS(=O)(=O)c2cnn(C)c2)CCN1. The van der Waals surface area contributed by atoms with Crippen molar-refractivity contribution in [2.45, 2.75) is 36.7 Å². The van der Waals surface area contributed by atoms with E-state index >= 15 is 0 Å². The first-order valence-corrected chi connectivity index (χ1v) is 7.20. The van der Waals surface area contributed by atoms with Crippen LogP contribution in [0.15, 0.2) is 17.3 Å². The number of sulfonamides is 1. The zero-order chi connectivity index (χ0) is 12.5. The predicted octanol–water partition coefficient (Wildman–Crippen LogP) is -0.161. The minimum absolute atomic E-state index is 0.0106. The molecule has 1 aliphatic rings. The van der Waals surface area contributed by atoms with Crippen molar-refractivity contribution in [3.63, 3.8) is 0 Å². The number of piperidine rings is 1. The maximum Gasteiger partial charge on any atom is 0.243 e. The molecular weight excluding hydrogens is 240 g/mol. The van der Waals surface area contributed by atoms with Gasteiger partial charge in [-0.1, -0.05) is 0 Å². The monoisotopic (exact) mass is 258 g/mol. The highest BCUT2D eigenvalue weighted by Gasteiger charge is 2.25. The molecule has 1 aliphatic heterocycles. The van der Waals surface area contributed by atoms with Gasteiger partial charge in [0.25, 0.3) is 0 Å². The van der Waals surface area contributed by atoms with Gasteiger partial charge < -0.3 is 5.32 Å². The highest BCUT2D eigenvalue weighted by Crippen LogP contribution is 2.13. The molecule has 96 valence electrons. The third kappa shape index (κ3) is 3.05. The van der Waals surface area contributed by atoms with Crippen LogP contribution in [-0.2, 0) is 17.1 Å². The molecule has 1 aromatic rings. The van der Waals surface area contributed by atoms with E-state index in [1.54, 1.807) is 7.05 Å². The Bertz CT molecular complexity index is 482. The lowest BCUT2D eigenvalue weighted by Crippen LogP contribution is -2.46. The highest BCUT2D eigenvalue weighted by molar-refractivity contribution is 7.89. The van der Waals surface area contributed by atoms with Gasteiger partial charge in [-0.05, 0) is 26.3 Å². The average Bonchev–Trinajstić information content (AvgIpc) is 2.65. The van der Waals surface area contributed by atoms with Crippen molar-refractivity contribution in [1.29, 1.82) is 0 Å². The van der Waals surface area contributed by atoms with Crippen molar-refractivity contribution >= 4 is 10.0 Å². The lowest BCUT2D eigenvalue weighted by atomic mass is 10.0. The van der Waals surface area contributed by atoms with E-state index < -0.39 is 10.0 Å². The summed E-state index contributed by atoms with van der Waals surface area (Å²) in [5.74, 6) is 0. The summed E-state index contributed by atoms with van der Waals surface area (Å²) in [5, 5.41) is 7.17. The topological polar surface area (TPSA) is 76.0 Å². The molecule has 2 heterocycles. The molecule has 0 radical (unpaired) electrons. The van der Waals surface area contributed by atoms with E-state index in [-0.39, 0.29) is 10.9 Å². The van der Waals surface area contributed by atoms with Crippen molar-refractivity contribution in [1.82, 2.24) is 19.8 Å². The van der Waals surface area contributed by atoms with E-state index in [2.05, 4.69) is 22.1 Å². The van der Waals surface area contributed by atoms with Crippen molar-refractivity contribution in [3.8, 4) is 0 Å². The van der Waals surface area contributed by atoms with E-state index in [0.29, 0.717) is 6.04 Å². The Morgan fingerprint density at radius 2 is 2.35 bits per heavy atom. The molecule has 2 N–H and O–H groups in total. The molecule has 17 heavy (non-hydrogen) atoms. The van der Waals surface area contributed by atoms with E-state index in [1.807, 2.05) is 0 Å². The molecule has 0 aliphatic carbocycles. The summed E-state index contributed by atoms with van der Waals surface area (Å²) >= 11 is 0. The third-order valence-corrected chi connectivity index (χ3v) is 4.41. The van der Waals surface area contributed by atoms with Crippen LogP contribution in [0.25, 0.3) is 0 Å². The number of aromatic nitrogens is 2. The average molecular weight is 258 g/mol. The van der Waals surface area contributed by atoms with Crippen LogP contribution in [0.1, 0.15) is 19.8 Å². The Morgan fingerprint density at radius 1 is 1.59 bits per heavy atom. The smallest absolute Gasteiger partial charge is 0.243 e. The lowest BCUT2D eigenvalue weighted by Gasteiger charge is -2.28. The highest BCUT2D eigenvalue weighted by atomic mass is 32.2. The van der Waals surface area contributed by atoms with Gasteiger partial charge in [-0.25, -0.2) is 13.1 Å². The maximum absolute atomic E-state index is 12.0. The van der Waals surface area contributed by atoms with Crippen LogP contribution in [0.4, 0.5) is 0 Å². The van der Waals surface area contributed by atoms with E-state index in [1.165, 1.54) is 17.1 Å². The molecule has 0 saturated carbocycles. The first-order valence-electron chi connectivity index (χ1n) is 5.72. The van der Waals surface area contributed by atoms with Crippen LogP contribution < -0.4 is 10.0 Å². The maximum atomic E-state index is 12.0. The first-order chi connectivity index (χ1) is 7.97. The van der Waals surface area contributed by atoms with Gasteiger partial charge in [-0.15, -0.1) is 0 Å². The Kier molecular flexibility index (Phi) is 3.50. The number of nitrogens with one attached hydrogen (secondary N) is 2. The van der Waals surface area contributed by atoms with Gasteiger partial charge >= 0.3 is 0 Å². The summed E-state index contributed by atoms with van der Waals surface area (Å²) < 4.78 is 28.3. The molecule has 7 heteroatoms. The van der Waals surface area contributed by atoms with Crippen LogP contribution in [0.5, 0.6) is 0 Å². The van der Waals surface area contributed by atoms with Gasteiger partial charge in [0.2, 0.25) is 10.0 Å². The molecule has 2 atom stereocenters. The van der Waals surface area contributed by atoms with Gasteiger partial charge in [-0.3, -0.25) is 4.68 Å². The molecule has 1 saturated heterocycles. The second-order valence-corrected chi connectivity index (χ2v) is 6.26. The van der Waals surface area contributed by atoms with E-state index in [4.69, 9.17) is 0 Å². The molecule has 6 nitrogen and oxygen atoms in total. The molecule has 2 unspecified atom stereocenters. The molecule has 1 fully saturated rings. The summed E-state index contributed by atoms with van der Waals surface area (Å²) in [6.07, 6.45) is 4.52. The second-order valence-electron chi connectivity index (χ2n) is 4.55. The van der Waals surface area contributed by atoms with Gasteiger partial charge in [0.15, 0.2) is 0 Å². The summed E-state index contributed by atoms with van der Waals surface area (Å²) in [7, 11) is -1.72. The molecule has 1 aromatic heterocycles. The van der Waals surface area contributed by atoms with Gasteiger partial charge in [-0.2, -0.15) is 5.10 Å². The van der Waals surface area contributed by atoms with Gasteiger partial charge in [0.05, 0.1) is 6.20 Å². The number of aryl methyl sites for hydroxylation is 1. The van der Waals surface area contributed by atoms with Crippen molar-refractivity contribution < 1.29 is 8.42 Å². The van der Waals surface area contributed by atoms with Crippen LogP contribution in [0.3, 0.4) is 0 Å². The quantitative estimate of drug-likeness (QED) is 0.790. The summed E-state index contributed by atoms with van der Waals surface area (Å²) in [6.45, 7) is 2.91. The van der Waals surface area contributed by atoms with Crippen molar-refractivity contribution in [3.05, 3.63) is 12.4 Å². The number of hydrogen-bond donors (Lipinski definition) is 2. The molecule has 0 bridgehead atoms. The first kappa shape index (κ1) is 12.5. The zero-order valence-corrected chi connectivity index (χ0v) is 10.9. The lowest BCUT2D eigenvalue weighted by molar-refractivity contribution is 0.361.